The first kappa shape index (κ1) is 25.8. The van der Waals surface area contributed by atoms with Crippen LogP contribution in [0, 0.1) is 39.4 Å². The number of nitrogens with two attached hydrogens (primary N) is 1. The van der Waals surface area contributed by atoms with E-state index in [2.05, 4.69) is 0 Å². The summed E-state index contributed by atoms with van der Waals surface area (Å²) in [7, 11) is 2.97. The molecule has 2 aromatic heterocycles. The molecule has 196 valence electrons. The monoisotopic (exact) mass is 532 g/mol. The summed E-state index contributed by atoms with van der Waals surface area (Å²) in [5.41, 5.74) is 0.550. The van der Waals surface area contributed by atoms with Crippen LogP contribution in [-0.4, -0.2) is 14.2 Å². The number of nitriles is 3. The third-order valence-electron chi connectivity index (χ3n) is 7.33. The van der Waals surface area contributed by atoms with Crippen molar-refractivity contribution in [2.45, 2.75) is 12.3 Å². The zero-order chi connectivity index (χ0) is 28.8. The van der Waals surface area contributed by atoms with E-state index in [9.17, 15) is 25.4 Å². The lowest BCUT2D eigenvalue weighted by molar-refractivity contribution is 0.372. The van der Waals surface area contributed by atoms with Crippen LogP contribution in [-0.2, 0) is 5.41 Å². The maximum absolute atomic E-state index is 13.4. The largest absolute Gasteiger partial charge is 0.497 e. The lowest BCUT2D eigenvalue weighted by Crippen LogP contribution is -2.49. The SMILES string of the molecule is COc1ccc2oc(=O)c(C3=CC(C)(c4cc5cc(OC)ccc5oc4=O)C(C#N)(C#N)C(N)=C3C#N)cc2c1. The molecule has 1 atom stereocenters. The van der Waals surface area contributed by atoms with Gasteiger partial charge in [0.05, 0.1) is 54.2 Å². The third kappa shape index (κ3) is 3.53. The Morgan fingerprint density at radius 3 is 1.90 bits per heavy atom. The molecule has 0 fully saturated rings. The third-order valence-corrected chi connectivity index (χ3v) is 7.33. The number of allylic oxidation sites excluding steroid dienone is 4. The predicted octanol–water partition coefficient (Wildman–Crippen LogP) is 4.04. The van der Waals surface area contributed by atoms with Crippen molar-refractivity contribution in [2.75, 3.05) is 14.2 Å². The average Bonchev–Trinajstić information content (AvgIpc) is 2.96. The molecule has 4 aromatic rings. The highest BCUT2D eigenvalue weighted by molar-refractivity contribution is 5.91. The molecule has 10 heteroatoms. The Morgan fingerprint density at radius 1 is 0.825 bits per heavy atom. The molecule has 5 rings (SSSR count). The Kier molecular flexibility index (Phi) is 5.94. The highest BCUT2D eigenvalue weighted by atomic mass is 16.5. The van der Waals surface area contributed by atoms with Gasteiger partial charge in [-0.25, -0.2) is 9.59 Å². The van der Waals surface area contributed by atoms with Gasteiger partial charge in [0.2, 0.25) is 0 Å². The quantitative estimate of drug-likeness (QED) is 0.377. The lowest BCUT2D eigenvalue weighted by atomic mass is 9.56. The van der Waals surface area contributed by atoms with Gasteiger partial charge in [0.15, 0.2) is 5.41 Å². The summed E-state index contributed by atoms with van der Waals surface area (Å²) in [6.07, 6.45) is 1.37. The molecule has 0 amide bonds. The first-order valence-electron chi connectivity index (χ1n) is 11.9. The molecular formula is C30H20N4O6. The maximum Gasteiger partial charge on any atom is 0.344 e. The summed E-state index contributed by atoms with van der Waals surface area (Å²) in [4.78, 5) is 26.5. The fourth-order valence-corrected chi connectivity index (χ4v) is 5.08. The fraction of sp³-hybridized carbons (Fsp3) is 0.167. The summed E-state index contributed by atoms with van der Waals surface area (Å²) in [5, 5.41) is 31.7. The van der Waals surface area contributed by atoms with Gasteiger partial charge in [-0.1, -0.05) is 6.08 Å². The first-order chi connectivity index (χ1) is 19.2. The van der Waals surface area contributed by atoms with Crippen LogP contribution in [0.5, 0.6) is 11.5 Å². The highest BCUT2D eigenvalue weighted by Gasteiger charge is 2.57. The van der Waals surface area contributed by atoms with Gasteiger partial charge < -0.3 is 24.0 Å². The van der Waals surface area contributed by atoms with Crippen molar-refractivity contribution < 1.29 is 18.3 Å². The van der Waals surface area contributed by atoms with Gasteiger partial charge in [-0.05, 0) is 55.5 Å². The van der Waals surface area contributed by atoms with Crippen LogP contribution in [0.1, 0.15) is 18.1 Å². The molecule has 1 unspecified atom stereocenters. The number of benzene rings is 2. The minimum atomic E-state index is -2.21. The normalized spacial score (nSPS) is 17.9. The maximum atomic E-state index is 13.4. The van der Waals surface area contributed by atoms with Gasteiger partial charge >= 0.3 is 11.3 Å². The highest BCUT2D eigenvalue weighted by Crippen LogP contribution is 2.52. The van der Waals surface area contributed by atoms with E-state index >= 15 is 0 Å². The van der Waals surface area contributed by atoms with E-state index in [0.29, 0.717) is 22.3 Å². The van der Waals surface area contributed by atoms with Crippen LogP contribution >= 0.6 is 0 Å². The molecule has 2 N–H and O–H groups in total. The van der Waals surface area contributed by atoms with Gasteiger partial charge in [0, 0.05) is 16.3 Å². The topological polar surface area (TPSA) is 176 Å². The summed E-state index contributed by atoms with van der Waals surface area (Å²) in [6, 6.07) is 18.4. The Morgan fingerprint density at radius 2 is 1.38 bits per heavy atom. The second-order valence-corrected chi connectivity index (χ2v) is 9.34. The molecule has 0 spiro atoms. The molecule has 2 aromatic carbocycles. The van der Waals surface area contributed by atoms with Gasteiger partial charge in [-0.15, -0.1) is 0 Å². The number of hydrogen-bond acceptors (Lipinski definition) is 10. The number of nitrogens with zero attached hydrogens (tertiary/aromatic N) is 3. The van der Waals surface area contributed by atoms with E-state index in [0.717, 1.165) is 0 Å². The van der Waals surface area contributed by atoms with Crippen molar-refractivity contribution in [3.05, 3.63) is 97.8 Å². The molecule has 40 heavy (non-hydrogen) atoms. The Balaban J connectivity index is 1.88. The summed E-state index contributed by atoms with van der Waals surface area (Å²) in [5.74, 6) is 0.988. The molecule has 0 aliphatic heterocycles. The average molecular weight is 533 g/mol. The fourth-order valence-electron chi connectivity index (χ4n) is 5.08. The van der Waals surface area contributed by atoms with Crippen LogP contribution in [0.4, 0.5) is 0 Å². The smallest absolute Gasteiger partial charge is 0.344 e. The van der Waals surface area contributed by atoms with E-state index in [1.54, 1.807) is 36.4 Å². The second-order valence-electron chi connectivity index (χ2n) is 9.34. The minimum absolute atomic E-state index is 0.00670. The molecule has 10 nitrogen and oxygen atoms in total. The van der Waals surface area contributed by atoms with Crippen LogP contribution < -0.4 is 26.5 Å². The number of rotatable bonds is 4. The summed E-state index contributed by atoms with van der Waals surface area (Å²) >= 11 is 0. The van der Waals surface area contributed by atoms with Crippen molar-refractivity contribution in [1.82, 2.24) is 0 Å². The molecule has 1 aliphatic carbocycles. The van der Waals surface area contributed by atoms with Gasteiger partial charge in [-0.2, -0.15) is 15.8 Å². The molecule has 0 radical (unpaired) electrons. The van der Waals surface area contributed by atoms with Crippen molar-refractivity contribution in [2.24, 2.45) is 11.1 Å². The molecule has 0 bridgehead atoms. The van der Waals surface area contributed by atoms with Crippen LogP contribution in [0.25, 0.3) is 27.5 Å². The zero-order valence-corrected chi connectivity index (χ0v) is 21.6. The van der Waals surface area contributed by atoms with Crippen LogP contribution in [0.2, 0.25) is 0 Å². The van der Waals surface area contributed by atoms with Gasteiger partial charge in [0.25, 0.3) is 0 Å². The van der Waals surface area contributed by atoms with E-state index in [-0.39, 0.29) is 33.4 Å². The molecule has 0 saturated heterocycles. The van der Waals surface area contributed by atoms with Gasteiger partial charge in [0.1, 0.15) is 28.7 Å². The number of fused-ring (bicyclic) bond motifs is 2. The second kappa shape index (κ2) is 9.20. The van der Waals surface area contributed by atoms with Crippen molar-refractivity contribution in [3.8, 4) is 29.7 Å². The van der Waals surface area contributed by atoms with Crippen LogP contribution in [0.3, 0.4) is 0 Å². The van der Waals surface area contributed by atoms with Crippen LogP contribution in [0.15, 0.2) is 84.3 Å². The van der Waals surface area contributed by atoms with Crippen molar-refractivity contribution in [3.63, 3.8) is 0 Å². The van der Waals surface area contributed by atoms with Crippen molar-refractivity contribution in [1.29, 1.82) is 15.8 Å². The predicted molar refractivity (Wildman–Crippen MR) is 144 cm³/mol. The van der Waals surface area contributed by atoms with E-state index in [1.807, 2.05) is 18.2 Å². The first-order valence-corrected chi connectivity index (χ1v) is 11.9. The number of methoxy groups -OCH3 is 2. The van der Waals surface area contributed by atoms with Gasteiger partial charge in [-0.3, -0.25) is 0 Å². The summed E-state index contributed by atoms with van der Waals surface area (Å²) in [6.45, 7) is 1.46. The summed E-state index contributed by atoms with van der Waals surface area (Å²) < 4.78 is 21.6. The Bertz CT molecular complexity index is 2030. The Labute approximate surface area is 227 Å². The molecular weight excluding hydrogens is 512 g/mol. The Hall–Kier alpha value is -5.79. The van der Waals surface area contributed by atoms with E-state index in [4.69, 9.17) is 24.0 Å². The number of ether oxygens (including phenoxy) is 2. The standard InChI is InChI=1S/C30H20N4O6/c1-29(23-11-17-9-19(38-3)5-7-25(17)40-28(23)36)12-21(22(13-31)26(34)30(29,14-32)15-33)20-10-16-8-18(37-2)4-6-24(16)39-27(20)35/h4-12H,34H2,1-3H3. The number of hydrogen-bond donors (Lipinski definition) is 1. The molecule has 0 saturated carbocycles. The zero-order valence-electron chi connectivity index (χ0n) is 21.6. The minimum Gasteiger partial charge on any atom is -0.497 e. The lowest BCUT2D eigenvalue weighted by Gasteiger charge is -2.41. The van der Waals surface area contributed by atoms with E-state index < -0.39 is 27.8 Å². The molecule has 1 aliphatic rings. The molecule has 2 heterocycles. The van der Waals surface area contributed by atoms with E-state index in [1.165, 1.54) is 39.4 Å². The van der Waals surface area contributed by atoms with Crippen molar-refractivity contribution >= 4 is 27.5 Å².